The monoisotopic (exact) mass is 235 g/mol. The molecule has 1 unspecified atom stereocenters. The first kappa shape index (κ1) is 12.3. The third-order valence-corrected chi connectivity index (χ3v) is 3.20. The molecule has 1 aromatic rings. The minimum absolute atomic E-state index is 0.402. The van der Waals surface area contributed by atoms with Crippen LogP contribution >= 0.6 is 0 Å². The average Bonchev–Trinajstić information content (AvgIpc) is 2.40. The van der Waals surface area contributed by atoms with Crippen molar-refractivity contribution in [2.75, 3.05) is 24.5 Å². The molecule has 1 aromatic heterocycles. The molecular formula is C12H21N5. The van der Waals surface area contributed by atoms with Crippen LogP contribution in [-0.2, 0) is 0 Å². The van der Waals surface area contributed by atoms with Crippen LogP contribution in [0.5, 0.6) is 0 Å². The fourth-order valence-electron chi connectivity index (χ4n) is 2.17. The third-order valence-electron chi connectivity index (χ3n) is 3.20. The van der Waals surface area contributed by atoms with Crippen LogP contribution in [0, 0.1) is 0 Å². The predicted molar refractivity (Wildman–Crippen MR) is 68.9 cm³/mol. The molecule has 1 saturated heterocycles. The lowest BCUT2D eigenvalue weighted by molar-refractivity contribution is 0.377. The van der Waals surface area contributed by atoms with E-state index in [1.807, 2.05) is 6.07 Å². The maximum atomic E-state index is 5.61. The van der Waals surface area contributed by atoms with Crippen molar-refractivity contribution in [1.82, 2.24) is 15.3 Å². The van der Waals surface area contributed by atoms with E-state index in [2.05, 4.69) is 27.1 Å². The van der Waals surface area contributed by atoms with Gasteiger partial charge in [0.1, 0.15) is 0 Å². The van der Waals surface area contributed by atoms with Crippen molar-refractivity contribution in [3.8, 4) is 0 Å². The molecule has 1 atom stereocenters. The van der Waals surface area contributed by atoms with E-state index >= 15 is 0 Å². The summed E-state index contributed by atoms with van der Waals surface area (Å²) >= 11 is 0. The number of rotatable bonds is 4. The van der Waals surface area contributed by atoms with Crippen LogP contribution in [0.1, 0.15) is 19.8 Å². The molecule has 0 spiro atoms. The second-order valence-corrected chi connectivity index (χ2v) is 4.61. The van der Waals surface area contributed by atoms with Crippen molar-refractivity contribution in [2.45, 2.75) is 31.8 Å². The van der Waals surface area contributed by atoms with E-state index in [9.17, 15) is 0 Å². The molecule has 1 fully saturated rings. The number of hydrogen-bond donors (Lipinski definition) is 2. The second-order valence-electron chi connectivity index (χ2n) is 4.61. The fourth-order valence-corrected chi connectivity index (χ4v) is 2.17. The number of piperidine rings is 1. The smallest absolute Gasteiger partial charge is 0.225 e. The minimum atomic E-state index is 0.402. The van der Waals surface area contributed by atoms with Crippen molar-refractivity contribution in [3.05, 3.63) is 18.5 Å². The Balaban J connectivity index is 1.82. The van der Waals surface area contributed by atoms with E-state index in [-0.39, 0.29) is 0 Å². The summed E-state index contributed by atoms with van der Waals surface area (Å²) in [4.78, 5) is 10.8. The summed E-state index contributed by atoms with van der Waals surface area (Å²) in [6.07, 6.45) is 5.84. The standard InChI is InChI=1S/C12H21N5/c1-10(9-13)16-11-3-7-17(8-4-11)12-14-5-2-6-15-12/h2,5-6,10-11,16H,3-4,7-9,13H2,1H3. The summed E-state index contributed by atoms with van der Waals surface area (Å²) in [7, 11) is 0. The highest BCUT2D eigenvalue weighted by Gasteiger charge is 2.21. The molecule has 5 heteroatoms. The van der Waals surface area contributed by atoms with Gasteiger partial charge in [0.05, 0.1) is 0 Å². The van der Waals surface area contributed by atoms with Crippen molar-refractivity contribution in [3.63, 3.8) is 0 Å². The molecule has 2 rings (SSSR count). The highest BCUT2D eigenvalue weighted by molar-refractivity contribution is 5.29. The lowest BCUT2D eigenvalue weighted by Gasteiger charge is -2.33. The average molecular weight is 235 g/mol. The highest BCUT2D eigenvalue weighted by atomic mass is 15.3. The van der Waals surface area contributed by atoms with Gasteiger partial charge < -0.3 is 16.0 Å². The number of hydrogen-bond acceptors (Lipinski definition) is 5. The quantitative estimate of drug-likeness (QED) is 0.790. The number of nitrogens with one attached hydrogen (secondary N) is 1. The Hall–Kier alpha value is -1.20. The van der Waals surface area contributed by atoms with Gasteiger partial charge in [-0.1, -0.05) is 0 Å². The Kier molecular flexibility index (Phi) is 4.28. The van der Waals surface area contributed by atoms with Crippen LogP contribution in [0.15, 0.2) is 18.5 Å². The third kappa shape index (κ3) is 3.38. The first-order chi connectivity index (χ1) is 8.29. The lowest BCUT2D eigenvalue weighted by Crippen LogP contribution is -2.47. The molecule has 5 nitrogen and oxygen atoms in total. The summed E-state index contributed by atoms with van der Waals surface area (Å²) in [5, 5.41) is 3.55. The second kappa shape index (κ2) is 5.93. The molecule has 1 aliphatic rings. The molecule has 0 bridgehead atoms. The van der Waals surface area contributed by atoms with Gasteiger partial charge in [-0.15, -0.1) is 0 Å². The SMILES string of the molecule is CC(CN)NC1CCN(c2ncccn2)CC1. The molecular weight excluding hydrogens is 214 g/mol. The maximum absolute atomic E-state index is 5.61. The molecule has 0 aromatic carbocycles. The van der Waals surface area contributed by atoms with Crippen molar-refractivity contribution in [2.24, 2.45) is 5.73 Å². The first-order valence-electron chi connectivity index (χ1n) is 6.27. The Bertz CT molecular complexity index is 321. The number of anilines is 1. The van der Waals surface area contributed by atoms with Gasteiger partial charge in [-0.25, -0.2) is 9.97 Å². The number of aromatic nitrogens is 2. The van der Waals surface area contributed by atoms with Crippen LogP contribution in [-0.4, -0.2) is 41.7 Å². The molecule has 0 saturated carbocycles. The Labute approximate surface area is 102 Å². The molecule has 0 amide bonds. The minimum Gasteiger partial charge on any atom is -0.341 e. The van der Waals surface area contributed by atoms with Crippen molar-refractivity contribution < 1.29 is 0 Å². The Morgan fingerprint density at radius 1 is 1.41 bits per heavy atom. The van der Waals surface area contributed by atoms with Gasteiger partial charge in [0.15, 0.2) is 0 Å². The summed E-state index contributed by atoms with van der Waals surface area (Å²) in [5.41, 5.74) is 5.61. The zero-order valence-corrected chi connectivity index (χ0v) is 10.3. The summed E-state index contributed by atoms with van der Waals surface area (Å²) in [6, 6.07) is 2.83. The number of nitrogens with zero attached hydrogens (tertiary/aromatic N) is 3. The lowest BCUT2D eigenvalue weighted by atomic mass is 10.0. The van der Waals surface area contributed by atoms with Crippen molar-refractivity contribution in [1.29, 1.82) is 0 Å². The van der Waals surface area contributed by atoms with Gasteiger partial charge in [-0.3, -0.25) is 0 Å². The van der Waals surface area contributed by atoms with Gasteiger partial charge in [0, 0.05) is 44.1 Å². The highest BCUT2D eigenvalue weighted by Crippen LogP contribution is 2.15. The zero-order chi connectivity index (χ0) is 12.1. The topological polar surface area (TPSA) is 67.1 Å². The summed E-state index contributed by atoms with van der Waals surface area (Å²) in [5.74, 6) is 0.845. The number of nitrogens with two attached hydrogens (primary N) is 1. The predicted octanol–water partition coefficient (Wildman–Crippen LogP) is 0.382. The molecule has 2 heterocycles. The van der Waals surface area contributed by atoms with Crippen LogP contribution in [0.3, 0.4) is 0 Å². The molecule has 94 valence electrons. The zero-order valence-electron chi connectivity index (χ0n) is 10.3. The van der Waals surface area contributed by atoms with E-state index in [4.69, 9.17) is 5.73 Å². The van der Waals surface area contributed by atoms with Crippen LogP contribution in [0.25, 0.3) is 0 Å². The van der Waals surface area contributed by atoms with Gasteiger partial charge >= 0.3 is 0 Å². The molecule has 3 N–H and O–H groups in total. The van der Waals surface area contributed by atoms with Crippen LogP contribution in [0.4, 0.5) is 5.95 Å². The maximum Gasteiger partial charge on any atom is 0.225 e. The van der Waals surface area contributed by atoms with Crippen molar-refractivity contribution >= 4 is 5.95 Å². The van der Waals surface area contributed by atoms with E-state index in [1.54, 1.807) is 12.4 Å². The Morgan fingerprint density at radius 3 is 2.65 bits per heavy atom. The van der Waals surface area contributed by atoms with E-state index in [0.717, 1.165) is 31.9 Å². The molecule has 0 radical (unpaired) electrons. The largest absolute Gasteiger partial charge is 0.341 e. The normalized spacial score (nSPS) is 19.3. The van der Waals surface area contributed by atoms with E-state index in [1.165, 1.54) is 0 Å². The van der Waals surface area contributed by atoms with E-state index < -0.39 is 0 Å². The molecule has 0 aliphatic carbocycles. The van der Waals surface area contributed by atoms with Crippen LogP contribution < -0.4 is 16.0 Å². The molecule has 17 heavy (non-hydrogen) atoms. The summed E-state index contributed by atoms with van der Waals surface area (Å²) in [6.45, 7) is 4.85. The van der Waals surface area contributed by atoms with Gasteiger partial charge in [0.25, 0.3) is 0 Å². The molecule has 1 aliphatic heterocycles. The fraction of sp³-hybridized carbons (Fsp3) is 0.667. The van der Waals surface area contributed by atoms with Gasteiger partial charge in [-0.2, -0.15) is 0 Å². The van der Waals surface area contributed by atoms with Gasteiger partial charge in [0.2, 0.25) is 5.95 Å². The van der Waals surface area contributed by atoms with E-state index in [0.29, 0.717) is 18.6 Å². The van der Waals surface area contributed by atoms with Gasteiger partial charge in [-0.05, 0) is 25.8 Å². The van der Waals surface area contributed by atoms with Crippen LogP contribution in [0.2, 0.25) is 0 Å². The Morgan fingerprint density at radius 2 is 2.06 bits per heavy atom. The first-order valence-corrected chi connectivity index (χ1v) is 6.27. The summed E-state index contributed by atoms with van der Waals surface area (Å²) < 4.78 is 0.